The number of benzene rings is 2. The highest BCUT2D eigenvalue weighted by Crippen LogP contribution is 2.69. The van der Waals surface area contributed by atoms with Crippen molar-refractivity contribution in [2.75, 3.05) is 31.1 Å². The molecule has 3 aliphatic heterocycles. The number of carbonyl (C=O) groups excluding carboxylic acids is 3. The van der Waals surface area contributed by atoms with Crippen LogP contribution < -0.4 is 4.90 Å². The van der Waals surface area contributed by atoms with E-state index in [0.29, 0.717) is 43.2 Å². The molecule has 0 aromatic heterocycles. The third-order valence-corrected chi connectivity index (χ3v) is 11.7. The summed E-state index contributed by atoms with van der Waals surface area (Å²) in [7, 11) is 0. The van der Waals surface area contributed by atoms with Crippen LogP contribution in [-0.2, 0) is 20.9 Å². The molecule has 1 spiro atoms. The van der Waals surface area contributed by atoms with Gasteiger partial charge >= 0.3 is 0 Å². The van der Waals surface area contributed by atoms with Crippen molar-refractivity contribution in [3.63, 3.8) is 0 Å². The Hall–Kier alpha value is -3.07. The van der Waals surface area contributed by atoms with Gasteiger partial charge in [0.25, 0.3) is 5.91 Å². The average molecular weight is 636 g/mol. The molecule has 5 rings (SSSR count). The van der Waals surface area contributed by atoms with E-state index in [9.17, 15) is 19.5 Å². The average Bonchev–Trinajstić information content (AvgIpc) is 3.61. The summed E-state index contributed by atoms with van der Waals surface area (Å²) < 4.78 is -0.728. The fraction of sp³-hybridized carbons (Fsp3) is 0.457. The van der Waals surface area contributed by atoms with Gasteiger partial charge in [0.05, 0.1) is 16.6 Å². The van der Waals surface area contributed by atoms with Crippen molar-refractivity contribution in [1.82, 2.24) is 9.80 Å². The largest absolute Gasteiger partial charge is 0.396 e. The summed E-state index contributed by atoms with van der Waals surface area (Å²) in [5.41, 5.74) is 1.70. The normalized spacial score (nSPS) is 26.8. The molecule has 9 heteroatoms. The van der Waals surface area contributed by atoms with E-state index in [0.717, 1.165) is 18.4 Å². The van der Waals surface area contributed by atoms with Gasteiger partial charge in [-0.05, 0) is 61.4 Å². The van der Waals surface area contributed by atoms with Gasteiger partial charge in [0.2, 0.25) is 11.8 Å². The highest BCUT2D eigenvalue weighted by atomic mass is 35.5. The Kier molecular flexibility index (Phi) is 10.2. The van der Waals surface area contributed by atoms with E-state index in [-0.39, 0.29) is 42.0 Å². The SMILES string of the molecule is C=CCN(Cc1ccccc1)C(=O)[C@@H]1[C@H]2C(=O)N(CCCCCO)C(C(=O)N(CC=C)c3ccc(Cl)cc3)C23S[C@@H]1CC3C. The minimum absolute atomic E-state index is 0.0487. The molecule has 2 bridgehead atoms. The van der Waals surface area contributed by atoms with Gasteiger partial charge in [0, 0.05) is 48.7 Å². The second-order valence-electron chi connectivity index (χ2n) is 12.1. The topological polar surface area (TPSA) is 81.2 Å². The molecule has 0 radical (unpaired) electrons. The van der Waals surface area contributed by atoms with Crippen LogP contribution in [0.2, 0.25) is 5.02 Å². The van der Waals surface area contributed by atoms with Crippen molar-refractivity contribution in [2.45, 2.75) is 55.2 Å². The number of unbranched alkanes of at least 4 members (excludes halogenated alkanes) is 2. The zero-order chi connectivity index (χ0) is 31.4. The molecule has 0 aliphatic carbocycles. The first-order valence-electron chi connectivity index (χ1n) is 15.5. The third-order valence-electron chi connectivity index (χ3n) is 9.42. The van der Waals surface area contributed by atoms with Crippen LogP contribution >= 0.6 is 23.4 Å². The summed E-state index contributed by atoms with van der Waals surface area (Å²) >= 11 is 7.86. The molecule has 3 saturated heterocycles. The number of likely N-dealkylation sites (tertiary alicyclic amines) is 1. The number of aliphatic hydroxyl groups is 1. The number of aliphatic hydroxyl groups excluding tert-OH is 1. The van der Waals surface area contributed by atoms with Crippen LogP contribution in [0.4, 0.5) is 5.69 Å². The summed E-state index contributed by atoms with van der Waals surface area (Å²) in [4.78, 5) is 49.0. The van der Waals surface area contributed by atoms with Crippen molar-refractivity contribution in [3.05, 3.63) is 90.5 Å². The highest BCUT2D eigenvalue weighted by Gasteiger charge is 2.76. The lowest BCUT2D eigenvalue weighted by Gasteiger charge is -2.41. The van der Waals surface area contributed by atoms with Gasteiger partial charge in [0.15, 0.2) is 0 Å². The molecule has 3 aliphatic rings. The molecule has 1 N–H and O–H groups in total. The Balaban J connectivity index is 1.53. The number of nitrogens with zero attached hydrogens (tertiary/aromatic N) is 3. The van der Waals surface area contributed by atoms with Gasteiger partial charge in [-0.2, -0.15) is 0 Å². The first-order chi connectivity index (χ1) is 21.3. The van der Waals surface area contributed by atoms with Crippen LogP contribution in [0.1, 0.15) is 38.2 Å². The molecule has 0 saturated carbocycles. The Morgan fingerprint density at radius 3 is 2.41 bits per heavy atom. The molecule has 44 heavy (non-hydrogen) atoms. The fourth-order valence-corrected chi connectivity index (χ4v) is 10.1. The predicted octanol–water partition coefficient (Wildman–Crippen LogP) is 5.57. The standard InChI is InChI=1S/C35H42ClN3O4S/c1-4-18-37(23-25-12-8-6-9-13-25)32(41)29-28-22-24(3)35(44-28)30(29)33(42)39(20-10-7-11-21-40)31(35)34(43)38(19-5-2)27-16-14-26(36)15-17-27/h4-6,8-9,12-17,24,28-31,40H,1-2,7,10-11,18-23H2,3H3/t24?,28-,29+,30+,31?,35?/m1/s1. The molecule has 3 amide bonds. The van der Waals surface area contributed by atoms with E-state index in [2.05, 4.69) is 20.1 Å². The molecule has 7 nitrogen and oxygen atoms in total. The minimum Gasteiger partial charge on any atom is -0.396 e. The van der Waals surface area contributed by atoms with E-state index in [4.69, 9.17) is 11.6 Å². The predicted molar refractivity (Wildman–Crippen MR) is 177 cm³/mol. The lowest BCUT2D eigenvalue weighted by Crippen LogP contribution is -2.57. The molecule has 6 atom stereocenters. The number of carbonyl (C=O) groups is 3. The van der Waals surface area contributed by atoms with Gasteiger partial charge in [0.1, 0.15) is 6.04 Å². The first kappa shape index (κ1) is 32.3. The molecule has 2 aromatic rings. The van der Waals surface area contributed by atoms with Crippen LogP contribution in [0.25, 0.3) is 0 Å². The maximum Gasteiger partial charge on any atom is 0.251 e. The van der Waals surface area contributed by atoms with E-state index >= 15 is 0 Å². The number of amides is 3. The number of hydrogen-bond acceptors (Lipinski definition) is 5. The lowest BCUT2D eigenvalue weighted by molar-refractivity contribution is -0.144. The third kappa shape index (κ3) is 5.84. The van der Waals surface area contributed by atoms with E-state index in [1.807, 2.05) is 42.5 Å². The first-order valence-corrected chi connectivity index (χ1v) is 16.7. The van der Waals surface area contributed by atoms with Crippen molar-refractivity contribution >= 4 is 46.8 Å². The smallest absolute Gasteiger partial charge is 0.251 e. The monoisotopic (exact) mass is 635 g/mol. The van der Waals surface area contributed by atoms with Crippen molar-refractivity contribution < 1.29 is 19.5 Å². The molecule has 2 aromatic carbocycles. The number of rotatable bonds is 14. The zero-order valence-corrected chi connectivity index (χ0v) is 26.9. The molecular formula is C35H42ClN3O4S. The summed E-state index contributed by atoms with van der Waals surface area (Å²) in [6.45, 7) is 11.5. The summed E-state index contributed by atoms with van der Waals surface area (Å²) in [6, 6.07) is 16.3. The maximum atomic E-state index is 14.8. The van der Waals surface area contributed by atoms with Crippen LogP contribution in [0.3, 0.4) is 0 Å². The molecule has 3 fully saturated rings. The van der Waals surface area contributed by atoms with Crippen LogP contribution in [0.15, 0.2) is 79.9 Å². The Morgan fingerprint density at radius 1 is 1.05 bits per heavy atom. The number of hydrogen-bond donors (Lipinski definition) is 1. The van der Waals surface area contributed by atoms with Gasteiger partial charge in [-0.1, -0.05) is 61.0 Å². The van der Waals surface area contributed by atoms with Crippen LogP contribution in [0.5, 0.6) is 0 Å². The number of halogens is 1. The fourth-order valence-electron chi connectivity index (χ4n) is 7.52. The molecule has 3 unspecified atom stereocenters. The van der Waals surface area contributed by atoms with Gasteiger partial charge in [-0.3, -0.25) is 14.4 Å². The number of anilines is 1. The number of thioether (sulfide) groups is 1. The minimum atomic E-state index is -0.728. The summed E-state index contributed by atoms with van der Waals surface area (Å²) in [5, 5.41) is 9.88. The molecule has 3 heterocycles. The van der Waals surface area contributed by atoms with Crippen LogP contribution in [0, 0.1) is 17.8 Å². The second-order valence-corrected chi connectivity index (χ2v) is 14.1. The van der Waals surface area contributed by atoms with Crippen LogP contribution in [-0.4, -0.2) is 74.9 Å². The highest BCUT2D eigenvalue weighted by molar-refractivity contribution is 8.02. The summed E-state index contributed by atoms with van der Waals surface area (Å²) in [5.74, 6) is -1.38. The maximum absolute atomic E-state index is 14.8. The zero-order valence-electron chi connectivity index (χ0n) is 25.3. The van der Waals surface area contributed by atoms with E-state index in [1.165, 1.54) is 0 Å². The number of fused-ring (bicyclic) bond motifs is 1. The van der Waals surface area contributed by atoms with Gasteiger partial charge < -0.3 is 19.8 Å². The quantitative estimate of drug-likeness (QED) is 0.217. The van der Waals surface area contributed by atoms with Crippen molar-refractivity contribution in [2.24, 2.45) is 17.8 Å². The van der Waals surface area contributed by atoms with Crippen molar-refractivity contribution in [1.29, 1.82) is 0 Å². The van der Waals surface area contributed by atoms with Gasteiger partial charge in [-0.25, -0.2) is 0 Å². The Bertz CT molecular complexity index is 1370. The Labute approximate surface area is 269 Å². The van der Waals surface area contributed by atoms with Crippen molar-refractivity contribution in [3.8, 4) is 0 Å². The summed E-state index contributed by atoms with van der Waals surface area (Å²) in [6.07, 6.45) is 6.23. The van der Waals surface area contributed by atoms with E-state index in [1.54, 1.807) is 50.7 Å². The Morgan fingerprint density at radius 2 is 1.75 bits per heavy atom. The second kappa shape index (κ2) is 13.9. The van der Waals surface area contributed by atoms with Gasteiger partial charge in [-0.15, -0.1) is 24.9 Å². The molecule has 234 valence electrons. The lowest BCUT2D eigenvalue weighted by atomic mass is 9.65. The van der Waals surface area contributed by atoms with E-state index < -0.39 is 22.6 Å². The molecular weight excluding hydrogens is 594 g/mol.